The number of aromatic amines is 1. The van der Waals surface area contributed by atoms with Crippen LogP contribution < -0.4 is 16.2 Å². The van der Waals surface area contributed by atoms with E-state index >= 15 is 0 Å². The molecular formula is C22H24N6O2. The summed E-state index contributed by atoms with van der Waals surface area (Å²) in [6.45, 7) is 2.75. The standard InChI is InChI=1S/C22H24N6O2/c1-3-4-5-10-24-22(30)25-14-8-9-17-18(12-14)27-21(29)19(26-17)16-13-28(2)20-15(16)7-6-11-23-20/h6-9,11-13H,3-5,10H2,1-2H3,(H,27,29)(H2,24,25,30). The first kappa shape index (κ1) is 19.6. The summed E-state index contributed by atoms with van der Waals surface area (Å²) >= 11 is 0. The van der Waals surface area contributed by atoms with Gasteiger partial charge in [0.1, 0.15) is 11.3 Å². The summed E-state index contributed by atoms with van der Waals surface area (Å²) in [6.07, 6.45) is 6.72. The van der Waals surface area contributed by atoms with E-state index in [9.17, 15) is 9.59 Å². The molecule has 8 nitrogen and oxygen atoms in total. The molecule has 154 valence electrons. The maximum Gasteiger partial charge on any atom is 0.319 e. The summed E-state index contributed by atoms with van der Waals surface area (Å²) in [5.74, 6) is 0. The van der Waals surface area contributed by atoms with Gasteiger partial charge < -0.3 is 20.2 Å². The predicted octanol–water partition coefficient (Wildman–Crippen LogP) is 3.79. The number of hydrogen-bond donors (Lipinski definition) is 3. The van der Waals surface area contributed by atoms with Gasteiger partial charge in [0, 0.05) is 42.6 Å². The van der Waals surface area contributed by atoms with Crippen LogP contribution in [0.15, 0.2) is 47.5 Å². The minimum Gasteiger partial charge on any atom is -0.338 e. The average Bonchev–Trinajstić information content (AvgIpc) is 3.07. The Hall–Kier alpha value is -3.68. The van der Waals surface area contributed by atoms with E-state index in [1.165, 1.54) is 0 Å². The highest BCUT2D eigenvalue weighted by Crippen LogP contribution is 2.26. The molecule has 0 radical (unpaired) electrons. The first-order chi connectivity index (χ1) is 14.6. The number of amides is 2. The van der Waals surface area contributed by atoms with Gasteiger partial charge in [-0.2, -0.15) is 0 Å². The molecule has 1 aromatic carbocycles. The van der Waals surface area contributed by atoms with Crippen molar-refractivity contribution in [3.8, 4) is 11.3 Å². The van der Waals surface area contributed by atoms with Gasteiger partial charge in [0.25, 0.3) is 5.56 Å². The molecule has 0 aliphatic carbocycles. The number of anilines is 1. The number of pyridine rings is 1. The van der Waals surface area contributed by atoms with Gasteiger partial charge >= 0.3 is 6.03 Å². The Bertz CT molecular complexity index is 1270. The zero-order valence-corrected chi connectivity index (χ0v) is 17.0. The van der Waals surface area contributed by atoms with E-state index in [1.807, 2.05) is 29.9 Å². The fraction of sp³-hybridized carbons (Fsp3) is 0.273. The summed E-state index contributed by atoms with van der Waals surface area (Å²) in [4.78, 5) is 36.6. The van der Waals surface area contributed by atoms with Crippen molar-refractivity contribution in [2.24, 2.45) is 7.05 Å². The number of unbranched alkanes of at least 4 members (excludes halogenated alkanes) is 2. The average molecular weight is 404 g/mol. The van der Waals surface area contributed by atoms with Crippen molar-refractivity contribution in [1.29, 1.82) is 0 Å². The Kier molecular flexibility index (Phi) is 5.47. The van der Waals surface area contributed by atoms with Crippen LogP contribution in [0.2, 0.25) is 0 Å². The SMILES string of the molecule is CCCCCNC(=O)Nc1ccc2nc(-c3cn(C)c4ncccc34)c(=O)[nH]c2c1. The van der Waals surface area contributed by atoms with E-state index in [4.69, 9.17) is 0 Å². The molecule has 0 saturated carbocycles. The van der Waals surface area contributed by atoms with Crippen molar-refractivity contribution in [1.82, 2.24) is 24.8 Å². The van der Waals surface area contributed by atoms with Crippen LogP contribution in [0.25, 0.3) is 33.3 Å². The monoisotopic (exact) mass is 404 g/mol. The fourth-order valence-corrected chi connectivity index (χ4v) is 3.50. The Balaban J connectivity index is 1.61. The molecule has 0 saturated heterocycles. The van der Waals surface area contributed by atoms with Crippen molar-refractivity contribution in [2.75, 3.05) is 11.9 Å². The fourth-order valence-electron chi connectivity index (χ4n) is 3.50. The third-order valence-electron chi connectivity index (χ3n) is 5.00. The first-order valence-electron chi connectivity index (χ1n) is 10.1. The molecule has 0 unspecified atom stereocenters. The highest BCUT2D eigenvalue weighted by atomic mass is 16.2. The zero-order valence-electron chi connectivity index (χ0n) is 17.0. The zero-order chi connectivity index (χ0) is 21.1. The van der Waals surface area contributed by atoms with Crippen LogP contribution >= 0.6 is 0 Å². The molecule has 4 aromatic rings. The van der Waals surface area contributed by atoms with Crippen LogP contribution in [0.1, 0.15) is 26.2 Å². The third kappa shape index (κ3) is 3.89. The van der Waals surface area contributed by atoms with Crippen LogP contribution in [0.3, 0.4) is 0 Å². The Morgan fingerprint density at radius 3 is 2.93 bits per heavy atom. The van der Waals surface area contributed by atoms with Gasteiger partial charge in [-0.05, 0) is 36.8 Å². The molecule has 0 atom stereocenters. The van der Waals surface area contributed by atoms with Crippen molar-refractivity contribution in [3.05, 3.63) is 53.1 Å². The molecule has 3 N–H and O–H groups in total. The Labute approximate surface area is 173 Å². The summed E-state index contributed by atoms with van der Waals surface area (Å²) < 4.78 is 1.88. The molecule has 4 rings (SSSR count). The summed E-state index contributed by atoms with van der Waals surface area (Å²) in [6, 6.07) is 8.77. The Morgan fingerprint density at radius 1 is 1.23 bits per heavy atom. The number of fused-ring (bicyclic) bond motifs is 2. The smallest absolute Gasteiger partial charge is 0.319 e. The van der Waals surface area contributed by atoms with Gasteiger partial charge in [0.2, 0.25) is 0 Å². The molecule has 3 aromatic heterocycles. The molecule has 30 heavy (non-hydrogen) atoms. The molecule has 2 amide bonds. The number of rotatable bonds is 6. The van der Waals surface area contributed by atoms with Crippen LogP contribution in [-0.2, 0) is 7.05 Å². The van der Waals surface area contributed by atoms with Gasteiger partial charge in [-0.15, -0.1) is 0 Å². The van der Waals surface area contributed by atoms with E-state index in [-0.39, 0.29) is 11.6 Å². The van der Waals surface area contributed by atoms with Gasteiger partial charge in [0.15, 0.2) is 0 Å². The van der Waals surface area contributed by atoms with Crippen molar-refractivity contribution >= 4 is 33.8 Å². The van der Waals surface area contributed by atoms with E-state index in [0.29, 0.717) is 29.0 Å². The maximum atomic E-state index is 12.8. The second kappa shape index (κ2) is 8.36. The van der Waals surface area contributed by atoms with Crippen LogP contribution in [0.4, 0.5) is 10.5 Å². The van der Waals surface area contributed by atoms with Gasteiger partial charge in [-0.3, -0.25) is 4.79 Å². The second-order valence-corrected chi connectivity index (χ2v) is 7.26. The van der Waals surface area contributed by atoms with Crippen LogP contribution in [0.5, 0.6) is 0 Å². The number of aryl methyl sites for hydroxylation is 1. The number of hydrogen-bond acceptors (Lipinski definition) is 4. The normalized spacial score (nSPS) is 11.1. The third-order valence-corrected chi connectivity index (χ3v) is 5.00. The largest absolute Gasteiger partial charge is 0.338 e. The molecule has 3 heterocycles. The quantitative estimate of drug-likeness (QED) is 0.425. The molecule has 0 spiro atoms. The lowest BCUT2D eigenvalue weighted by Crippen LogP contribution is -2.29. The van der Waals surface area contributed by atoms with Crippen molar-refractivity contribution in [3.63, 3.8) is 0 Å². The molecular weight excluding hydrogens is 380 g/mol. The van der Waals surface area contributed by atoms with Crippen LogP contribution in [0, 0.1) is 0 Å². The number of urea groups is 1. The summed E-state index contributed by atoms with van der Waals surface area (Å²) in [7, 11) is 1.89. The number of H-pyrrole nitrogens is 1. The number of carbonyl (C=O) groups is 1. The van der Waals surface area contributed by atoms with Gasteiger partial charge in [-0.25, -0.2) is 14.8 Å². The minimum atomic E-state index is -0.292. The summed E-state index contributed by atoms with van der Waals surface area (Å²) in [5.41, 5.74) is 3.37. The van der Waals surface area contributed by atoms with E-state index in [1.54, 1.807) is 24.4 Å². The molecule has 0 aliphatic heterocycles. The van der Waals surface area contributed by atoms with E-state index in [0.717, 1.165) is 35.9 Å². The van der Waals surface area contributed by atoms with Gasteiger partial charge in [-0.1, -0.05) is 19.8 Å². The lowest BCUT2D eigenvalue weighted by molar-refractivity contribution is 0.252. The summed E-state index contributed by atoms with van der Waals surface area (Å²) in [5, 5.41) is 6.49. The highest BCUT2D eigenvalue weighted by Gasteiger charge is 2.15. The highest BCUT2D eigenvalue weighted by molar-refractivity contribution is 5.95. The van der Waals surface area contributed by atoms with Crippen LogP contribution in [-0.4, -0.2) is 32.1 Å². The van der Waals surface area contributed by atoms with E-state index in [2.05, 4.69) is 32.5 Å². The van der Waals surface area contributed by atoms with E-state index < -0.39 is 0 Å². The predicted molar refractivity (Wildman–Crippen MR) is 119 cm³/mol. The number of benzene rings is 1. The molecule has 0 bridgehead atoms. The first-order valence-corrected chi connectivity index (χ1v) is 10.1. The Morgan fingerprint density at radius 2 is 2.10 bits per heavy atom. The number of nitrogens with one attached hydrogen (secondary N) is 3. The van der Waals surface area contributed by atoms with Crippen molar-refractivity contribution < 1.29 is 4.79 Å². The topological polar surface area (TPSA) is 105 Å². The second-order valence-electron chi connectivity index (χ2n) is 7.26. The number of aromatic nitrogens is 4. The number of carbonyl (C=O) groups excluding carboxylic acids is 1. The molecule has 8 heteroatoms. The minimum absolute atomic E-state index is 0.263. The lowest BCUT2D eigenvalue weighted by atomic mass is 10.1. The van der Waals surface area contributed by atoms with Gasteiger partial charge in [0.05, 0.1) is 11.0 Å². The molecule has 0 fully saturated rings. The van der Waals surface area contributed by atoms with Crippen molar-refractivity contribution in [2.45, 2.75) is 26.2 Å². The maximum absolute atomic E-state index is 12.8. The molecule has 0 aliphatic rings. The lowest BCUT2D eigenvalue weighted by Gasteiger charge is -2.08. The number of nitrogens with zero attached hydrogens (tertiary/aromatic N) is 3.